The molecule has 3 aromatic rings. The largest absolute Gasteiger partial charge is 0.377 e. The predicted molar refractivity (Wildman–Crippen MR) is 72.6 cm³/mol. The number of hydrogen-bond donors (Lipinski definition) is 1. The smallest absolute Gasteiger partial charge is 0.139 e. The molecule has 92 valence electrons. The van der Waals surface area contributed by atoms with E-state index in [1.165, 1.54) is 0 Å². The lowest BCUT2D eigenvalue weighted by atomic mass is 10.1. The maximum atomic E-state index is 4.37. The molecule has 0 saturated carbocycles. The van der Waals surface area contributed by atoms with E-state index in [2.05, 4.69) is 20.0 Å². The Morgan fingerprint density at radius 3 is 2.83 bits per heavy atom. The minimum absolute atomic E-state index is 0.903. The molecule has 0 aliphatic rings. The number of aryl methyl sites for hydroxylation is 1. The first-order chi connectivity index (χ1) is 8.66. The fourth-order valence-electron chi connectivity index (χ4n) is 2.20. The highest BCUT2D eigenvalue weighted by molar-refractivity contribution is 6.02. The number of pyridine rings is 1. The first-order valence-corrected chi connectivity index (χ1v) is 5.79. The molecule has 0 atom stereocenters. The summed E-state index contributed by atoms with van der Waals surface area (Å²) in [7, 11) is 5.99. The molecule has 0 radical (unpaired) electrons. The Bertz CT molecular complexity index is 692. The van der Waals surface area contributed by atoms with Gasteiger partial charge >= 0.3 is 0 Å². The molecule has 5 nitrogen and oxygen atoms in total. The summed E-state index contributed by atoms with van der Waals surface area (Å²) in [5.74, 6) is 0. The van der Waals surface area contributed by atoms with Crippen molar-refractivity contribution in [3.05, 3.63) is 30.9 Å². The topological polar surface area (TPSA) is 49.7 Å². The van der Waals surface area contributed by atoms with Gasteiger partial charge in [-0.15, -0.1) is 0 Å². The number of rotatable bonds is 2. The summed E-state index contributed by atoms with van der Waals surface area (Å²) in [4.78, 5) is 9.68. The molecule has 0 fully saturated rings. The lowest BCUT2D eigenvalue weighted by Crippen LogP contribution is -2.09. The van der Waals surface area contributed by atoms with Gasteiger partial charge in [0.15, 0.2) is 0 Å². The molecule has 0 aliphatic heterocycles. The molecule has 0 bridgehead atoms. The van der Waals surface area contributed by atoms with Crippen LogP contribution in [0, 0.1) is 0 Å². The number of aromatic amines is 1. The predicted octanol–water partition coefficient (Wildman–Crippen LogP) is 2.03. The van der Waals surface area contributed by atoms with E-state index in [4.69, 9.17) is 0 Å². The SMILES string of the molecule is CN(C)c1ccnc2[nH]cc(-c3cnn(C)c3)c12. The van der Waals surface area contributed by atoms with Gasteiger partial charge in [-0.25, -0.2) is 4.98 Å². The molecule has 0 unspecified atom stereocenters. The third-order valence-corrected chi connectivity index (χ3v) is 3.05. The summed E-state index contributed by atoms with van der Waals surface area (Å²) in [6.45, 7) is 0. The highest BCUT2D eigenvalue weighted by atomic mass is 15.2. The fraction of sp³-hybridized carbons (Fsp3) is 0.231. The zero-order valence-electron chi connectivity index (χ0n) is 10.7. The molecular formula is C13H15N5. The van der Waals surface area contributed by atoms with Crippen molar-refractivity contribution in [2.45, 2.75) is 0 Å². The maximum Gasteiger partial charge on any atom is 0.139 e. The van der Waals surface area contributed by atoms with Gasteiger partial charge in [0.25, 0.3) is 0 Å². The van der Waals surface area contributed by atoms with E-state index in [-0.39, 0.29) is 0 Å². The zero-order chi connectivity index (χ0) is 12.7. The van der Waals surface area contributed by atoms with Crippen molar-refractivity contribution in [1.82, 2.24) is 19.7 Å². The zero-order valence-corrected chi connectivity index (χ0v) is 10.7. The van der Waals surface area contributed by atoms with Crippen molar-refractivity contribution in [1.29, 1.82) is 0 Å². The standard InChI is InChI=1S/C13H15N5/c1-17(2)11-4-5-14-13-12(11)10(7-15-13)9-6-16-18(3)8-9/h4-8H,1-3H3,(H,14,15). The van der Waals surface area contributed by atoms with E-state index in [1.807, 2.05) is 52.0 Å². The van der Waals surface area contributed by atoms with Crippen LogP contribution in [0.1, 0.15) is 0 Å². The normalized spacial score (nSPS) is 11.1. The second kappa shape index (κ2) is 3.87. The minimum atomic E-state index is 0.903. The Hall–Kier alpha value is -2.30. The average molecular weight is 241 g/mol. The molecule has 3 heterocycles. The first kappa shape index (κ1) is 10.8. The Kier molecular flexibility index (Phi) is 2.33. The molecule has 0 saturated heterocycles. The summed E-state index contributed by atoms with van der Waals surface area (Å²) in [6, 6.07) is 2.02. The van der Waals surface area contributed by atoms with Crippen molar-refractivity contribution in [3.8, 4) is 11.1 Å². The quantitative estimate of drug-likeness (QED) is 0.747. The summed E-state index contributed by atoms with van der Waals surface area (Å²) in [5, 5.41) is 5.36. The van der Waals surface area contributed by atoms with Crippen LogP contribution in [0.4, 0.5) is 5.69 Å². The number of H-pyrrole nitrogens is 1. The van der Waals surface area contributed by atoms with E-state index in [9.17, 15) is 0 Å². The van der Waals surface area contributed by atoms with Gasteiger partial charge in [0.2, 0.25) is 0 Å². The van der Waals surface area contributed by atoms with Gasteiger partial charge in [0.05, 0.1) is 6.20 Å². The number of aromatic nitrogens is 4. The van der Waals surface area contributed by atoms with Crippen molar-refractivity contribution in [2.75, 3.05) is 19.0 Å². The number of hydrogen-bond acceptors (Lipinski definition) is 3. The molecule has 18 heavy (non-hydrogen) atoms. The fourth-order valence-corrected chi connectivity index (χ4v) is 2.20. The third-order valence-electron chi connectivity index (χ3n) is 3.05. The molecule has 0 aromatic carbocycles. The molecule has 3 aromatic heterocycles. The molecule has 3 rings (SSSR count). The Labute approximate surface area is 105 Å². The second-order valence-electron chi connectivity index (χ2n) is 4.55. The van der Waals surface area contributed by atoms with Gasteiger partial charge in [-0.3, -0.25) is 4.68 Å². The lowest BCUT2D eigenvalue weighted by Gasteiger charge is -2.14. The van der Waals surface area contributed by atoms with Crippen LogP contribution in [-0.2, 0) is 7.05 Å². The van der Waals surface area contributed by atoms with Crippen LogP contribution in [0.2, 0.25) is 0 Å². The van der Waals surface area contributed by atoms with Crippen molar-refractivity contribution >= 4 is 16.7 Å². The Balaban J connectivity index is 2.30. The van der Waals surface area contributed by atoms with E-state index < -0.39 is 0 Å². The van der Waals surface area contributed by atoms with Crippen LogP contribution in [0.25, 0.3) is 22.2 Å². The summed E-state index contributed by atoms with van der Waals surface area (Å²) in [6.07, 6.45) is 7.69. The van der Waals surface area contributed by atoms with Gasteiger partial charge in [-0.2, -0.15) is 5.10 Å². The van der Waals surface area contributed by atoms with E-state index in [1.54, 1.807) is 4.68 Å². The number of fused-ring (bicyclic) bond motifs is 1. The van der Waals surface area contributed by atoms with Crippen LogP contribution >= 0.6 is 0 Å². The van der Waals surface area contributed by atoms with Gasteiger partial charge in [-0.1, -0.05) is 0 Å². The monoisotopic (exact) mass is 241 g/mol. The van der Waals surface area contributed by atoms with Crippen molar-refractivity contribution < 1.29 is 0 Å². The maximum absolute atomic E-state index is 4.37. The molecule has 0 amide bonds. The van der Waals surface area contributed by atoms with E-state index in [0.717, 1.165) is 27.8 Å². The first-order valence-electron chi connectivity index (χ1n) is 5.79. The van der Waals surface area contributed by atoms with Gasteiger partial charge in [0, 0.05) is 61.9 Å². The molecule has 0 aliphatic carbocycles. The van der Waals surface area contributed by atoms with Crippen LogP contribution in [-0.4, -0.2) is 33.8 Å². The molecule has 5 heteroatoms. The third kappa shape index (κ3) is 1.55. The molecule has 1 N–H and O–H groups in total. The van der Waals surface area contributed by atoms with Crippen molar-refractivity contribution in [3.63, 3.8) is 0 Å². The Morgan fingerprint density at radius 1 is 1.33 bits per heavy atom. The minimum Gasteiger partial charge on any atom is -0.377 e. The summed E-state index contributed by atoms with van der Waals surface area (Å²) >= 11 is 0. The lowest BCUT2D eigenvalue weighted by molar-refractivity contribution is 0.768. The van der Waals surface area contributed by atoms with Crippen LogP contribution in [0.15, 0.2) is 30.9 Å². The molecule has 0 spiro atoms. The number of nitrogens with zero attached hydrogens (tertiary/aromatic N) is 4. The Morgan fingerprint density at radius 2 is 2.17 bits per heavy atom. The van der Waals surface area contributed by atoms with Gasteiger partial charge < -0.3 is 9.88 Å². The second-order valence-corrected chi connectivity index (χ2v) is 4.55. The number of nitrogens with one attached hydrogen (secondary N) is 1. The summed E-state index contributed by atoms with van der Waals surface area (Å²) in [5.41, 5.74) is 4.29. The van der Waals surface area contributed by atoms with E-state index >= 15 is 0 Å². The highest BCUT2D eigenvalue weighted by Gasteiger charge is 2.13. The highest BCUT2D eigenvalue weighted by Crippen LogP contribution is 2.33. The van der Waals surface area contributed by atoms with Crippen molar-refractivity contribution in [2.24, 2.45) is 7.05 Å². The van der Waals surface area contributed by atoms with Crippen LogP contribution in [0.3, 0.4) is 0 Å². The van der Waals surface area contributed by atoms with Gasteiger partial charge in [-0.05, 0) is 6.07 Å². The van der Waals surface area contributed by atoms with Gasteiger partial charge in [0.1, 0.15) is 5.65 Å². The average Bonchev–Trinajstić information content (AvgIpc) is 2.94. The van der Waals surface area contributed by atoms with Crippen LogP contribution in [0.5, 0.6) is 0 Å². The number of anilines is 1. The van der Waals surface area contributed by atoms with E-state index in [0.29, 0.717) is 0 Å². The van der Waals surface area contributed by atoms with Crippen LogP contribution < -0.4 is 4.90 Å². The summed E-state index contributed by atoms with van der Waals surface area (Å²) < 4.78 is 1.81. The molecular weight excluding hydrogens is 226 g/mol.